The molecule has 0 radical (unpaired) electrons. The van der Waals surface area contributed by atoms with Gasteiger partial charge in [-0.2, -0.15) is 23.3 Å². The van der Waals surface area contributed by atoms with Crippen molar-refractivity contribution in [2.24, 2.45) is 5.92 Å². The lowest BCUT2D eigenvalue weighted by Crippen LogP contribution is -2.29. The minimum absolute atomic E-state index is 0.0510. The fourth-order valence-electron chi connectivity index (χ4n) is 3.89. The van der Waals surface area contributed by atoms with E-state index in [1.165, 1.54) is 16.8 Å². The van der Waals surface area contributed by atoms with E-state index < -0.39 is 12.8 Å². The van der Waals surface area contributed by atoms with Crippen LogP contribution >= 0.6 is 0 Å². The van der Waals surface area contributed by atoms with Crippen molar-refractivity contribution in [2.45, 2.75) is 45.8 Å². The molecule has 3 N–H and O–H groups in total. The van der Waals surface area contributed by atoms with Crippen molar-refractivity contribution in [3.63, 3.8) is 0 Å². The Balaban J connectivity index is 1.60. The SMILES string of the molecule is CCC(c1ccc(OCC(F)(F)F)nc1)n1cc(-c2cc(C(=O)NC[C@@H](C)CC)n3nc(N)nc3c2)cn1. The summed E-state index contributed by atoms with van der Waals surface area (Å²) in [5.41, 5.74) is 8.72. The molecule has 10 nitrogen and oxygen atoms in total. The van der Waals surface area contributed by atoms with E-state index in [9.17, 15) is 18.0 Å². The molecule has 2 atom stereocenters. The Morgan fingerprint density at radius 3 is 2.61 bits per heavy atom. The van der Waals surface area contributed by atoms with Crippen LogP contribution in [0.5, 0.6) is 5.88 Å². The van der Waals surface area contributed by atoms with E-state index in [4.69, 9.17) is 10.5 Å². The van der Waals surface area contributed by atoms with Crippen molar-refractivity contribution in [1.29, 1.82) is 0 Å². The number of aromatic nitrogens is 6. The fraction of sp³-hybridized carbons (Fsp3) is 0.400. The van der Waals surface area contributed by atoms with E-state index >= 15 is 0 Å². The third kappa shape index (κ3) is 6.21. The lowest BCUT2D eigenvalue weighted by Gasteiger charge is -2.16. The highest BCUT2D eigenvalue weighted by Gasteiger charge is 2.28. The van der Waals surface area contributed by atoms with Gasteiger partial charge in [0, 0.05) is 30.6 Å². The Kier molecular flexibility index (Phi) is 7.83. The molecule has 1 unspecified atom stereocenters. The summed E-state index contributed by atoms with van der Waals surface area (Å²) in [6, 6.07) is 6.33. The molecule has 0 bridgehead atoms. The van der Waals surface area contributed by atoms with Crippen molar-refractivity contribution >= 4 is 17.5 Å². The predicted octanol–water partition coefficient (Wildman–Crippen LogP) is 4.29. The molecule has 1 amide bonds. The summed E-state index contributed by atoms with van der Waals surface area (Å²) >= 11 is 0. The lowest BCUT2D eigenvalue weighted by molar-refractivity contribution is -0.154. The van der Waals surface area contributed by atoms with Crippen LogP contribution in [0.2, 0.25) is 0 Å². The summed E-state index contributed by atoms with van der Waals surface area (Å²) < 4.78 is 45.1. The van der Waals surface area contributed by atoms with Gasteiger partial charge in [0.2, 0.25) is 11.8 Å². The second kappa shape index (κ2) is 11.1. The maximum absolute atomic E-state index is 13.0. The van der Waals surface area contributed by atoms with E-state index in [-0.39, 0.29) is 23.8 Å². The number of rotatable bonds is 10. The molecule has 0 aliphatic heterocycles. The van der Waals surface area contributed by atoms with Crippen LogP contribution in [-0.2, 0) is 0 Å². The van der Waals surface area contributed by atoms with Crippen molar-refractivity contribution < 1.29 is 22.7 Å². The monoisotopic (exact) mass is 530 g/mol. The topological polar surface area (TPSA) is 125 Å². The molecule has 13 heteroatoms. The average molecular weight is 531 g/mol. The second-order valence-corrected chi connectivity index (χ2v) is 9.06. The summed E-state index contributed by atoms with van der Waals surface area (Å²) in [5.74, 6) is -0.0284. The quantitative estimate of drug-likeness (QED) is 0.313. The number of anilines is 1. The predicted molar refractivity (Wildman–Crippen MR) is 135 cm³/mol. The van der Waals surface area contributed by atoms with E-state index in [2.05, 4.69) is 39.3 Å². The van der Waals surface area contributed by atoms with Crippen LogP contribution in [0.15, 0.2) is 42.9 Å². The molecule has 0 aliphatic rings. The molecule has 0 aliphatic carbocycles. The third-order valence-corrected chi connectivity index (χ3v) is 6.16. The number of nitrogens with zero attached hydrogens (tertiary/aromatic N) is 6. The zero-order valence-corrected chi connectivity index (χ0v) is 21.2. The van der Waals surface area contributed by atoms with Gasteiger partial charge in [0.15, 0.2) is 12.3 Å². The maximum atomic E-state index is 13.0. The van der Waals surface area contributed by atoms with Gasteiger partial charge >= 0.3 is 6.18 Å². The highest BCUT2D eigenvalue weighted by atomic mass is 19.4. The summed E-state index contributed by atoms with van der Waals surface area (Å²) in [5, 5.41) is 11.6. The van der Waals surface area contributed by atoms with Crippen LogP contribution in [-0.4, -0.2) is 54.6 Å². The van der Waals surface area contributed by atoms with E-state index in [1.54, 1.807) is 29.1 Å². The van der Waals surface area contributed by atoms with Gasteiger partial charge in [0.25, 0.3) is 5.91 Å². The first kappa shape index (κ1) is 26.9. The first-order valence-corrected chi connectivity index (χ1v) is 12.2. The summed E-state index contributed by atoms with van der Waals surface area (Å²) in [7, 11) is 0. The first-order chi connectivity index (χ1) is 18.1. The maximum Gasteiger partial charge on any atom is 0.422 e. The van der Waals surface area contributed by atoms with Gasteiger partial charge in [-0.1, -0.05) is 27.2 Å². The zero-order chi connectivity index (χ0) is 27.4. The van der Waals surface area contributed by atoms with Gasteiger partial charge in [0.05, 0.1) is 12.2 Å². The Labute approximate surface area is 217 Å². The number of nitrogen functional groups attached to an aromatic ring is 1. The zero-order valence-electron chi connectivity index (χ0n) is 21.2. The highest BCUT2D eigenvalue weighted by Crippen LogP contribution is 2.27. The lowest BCUT2D eigenvalue weighted by atomic mass is 10.1. The van der Waals surface area contributed by atoms with Gasteiger partial charge in [-0.3, -0.25) is 9.48 Å². The largest absolute Gasteiger partial charge is 0.468 e. The molecule has 4 rings (SSSR count). The number of ether oxygens (including phenoxy) is 1. The van der Waals surface area contributed by atoms with Crippen LogP contribution < -0.4 is 15.8 Å². The molecule has 4 heterocycles. The first-order valence-electron chi connectivity index (χ1n) is 12.2. The van der Waals surface area contributed by atoms with Crippen molar-refractivity contribution in [3.8, 4) is 17.0 Å². The Hall–Kier alpha value is -4.16. The second-order valence-electron chi connectivity index (χ2n) is 9.06. The number of carbonyl (C=O) groups is 1. The van der Waals surface area contributed by atoms with Crippen LogP contribution in [0, 0.1) is 5.92 Å². The number of fused-ring (bicyclic) bond motifs is 1. The normalized spacial score (nSPS) is 13.4. The Morgan fingerprint density at radius 1 is 1.16 bits per heavy atom. The minimum Gasteiger partial charge on any atom is -0.468 e. The molecular weight excluding hydrogens is 501 g/mol. The molecular formula is C25H29F3N8O2. The summed E-state index contributed by atoms with van der Waals surface area (Å²) in [6.07, 6.45) is 2.12. The van der Waals surface area contributed by atoms with Crippen LogP contribution in [0.1, 0.15) is 55.7 Å². The van der Waals surface area contributed by atoms with Gasteiger partial charge in [0.1, 0.15) is 5.69 Å². The molecule has 202 valence electrons. The molecule has 0 fully saturated rings. The molecule has 4 aromatic heterocycles. The number of nitrogens with one attached hydrogen (secondary N) is 1. The van der Waals surface area contributed by atoms with Crippen LogP contribution in [0.25, 0.3) is 16.8 Å². The number of amides is 1. The number of carbonyl (C=O) groups excluding carboxylic acids is 1. The highest BCUT2D eigenvalue weighted by molar-refractivity contribution is 5.94. The fourth-order valence-corrected chi connectivity index (χ4v) is 3.89. The third-order valence-electron chi connectivity index (χ3n) is 6.16. The van der Waals surface area contributed by atoms with Crippen molar-refractivity contribution in [3.05, 3.63) is 54.1 Å². The smallest absolute Gasteiger partial charge is 0.422 e. The van der Waals surface area contributed by atoms with Gasteiger partial charge < -0.3 is 15.8 Å². The molecule has 38 heavy (non-hydrogen) atoms. The molecule has 0 aromatic carbocycles. The Bertz CT molecular complexity index is 1400. The molecule has 0 spiro atoms. The number of pyridine rings is 2. The number of nitrogens with two attached hydrogens (primary N) is 1. The summed E-state index contributed by atoms with van der Waals surface area (Å²) in [4.78, 5) is 21.2. The van der Waals surface area contributed by atoms with Crippen molar-refractivity contribution in [2.75, 3.05) is 18.9 Å². The van der Waals surface area contributed by atoms with Gasteiger partial charge in [-0.25, -0.2) is 9.50 Å². The van der Waals surface area contributed by atoms with E-state index in [1.807, 2.05) is 13.1 Å². The number of alkyl halides is 3. The number of hydrogen-bond donors (Lipinski definition) is 2. The standard InChI is InChI=1S/C25H29F3N8O2/c1-4-15(3)10-31-23(37)20-8-17(9-21-33-24(29)34-36(20)21)18-12-32-35(13-18)19(5-2)16-6-7-22(30-11-16)38-14-25(26,27)28/h6-9,11-13,15,19H,4-5,10,14H2,1-3H3,(H2,29,34)(H,31,37)/t15-,19?/m0/s1. The molecule has 0 saturated carbocycles. The average Bonchev–Trinajstić information content (AvgIpc) is 3.52. The van der Waals surface area contributed by atoms with E-state index in [0.29, 0.717) is 35.8 Å². The van der Waals surface area contributed by atoms with Crippen LogP contribution in [0.4, 0.5) is 19.1 Å². The number of hydrogen-bond acceptors (Lipinski definition) is 7. The van der Waals surface area contributed by atoms with Gasteiger partial charge in [-0.15, -0.1) is 5.10 Å². The molecule has 0 saturated heterocycles. The minimum atomic E-state index is -4.44. The van der Waals surface area contributed by atoms with Crippen molar-refractivity contribution in [1.82, 2.24) is 34.7 Å². The van der Waals surface area contributed by atoms with Gasteiger partial charge in [-0.05, 0) is 41.7 Å². The summed E-state index contributed by atoms with van der Waals surface area (Å²) in [6.45, 7) is 5.19. The van der Waals surface area contributed by atoms with E-state index in [0.717, 1.165) is 17.5 Å². The molecule has 4 aromatic rings. The number of halogens is 3. The van der Waals surface area contributed by atoms with Crippen LogP contribution in [0.3, 0.4) is 0 Å². The Morgan fingerprint density at radius 2 is 1.95 bits per heavy atom.